The second-order valence-electron chi connectivity index (χ2n) is 5.82. The van der Waals surface area contributed by atoms with Crippen LogP contribution in [0.3, 0.4) is 0 Å². The number of halogens is 2. The van der Waals surface area contributed by atoms with Crippen molar-refractivity contribution in [3.63, 3.8) is 0 Å². The number of nitrogens with one attached hydrogen (secondary N) is 1. The van der Waals surface area contributed by atoms with E-state index in [1.54, 1.807) is 18.7 Å². The van der Waals surface area contributed by atoms with Crippen molar-refractivity contribution in [1.29, 1.82) is 0 Å². The Morgan fingerprint density at radius 3 is 2.57 bits per heavy atom. The van der Waals surface area contributed by atoms with E-state index in [-0.39, 0.29) is 12.0 Å². The molecule has 2 rings (SSSR count). The highest BCUT2D eigenvalue weighted by atomic mass is 32.2. The first-order valence-electron chi connectivity index (χ1n) is 7.41. The van der Waals surface area contributed by atoms with Crippen molar-refractivity contribution in [3.05, 3.63) is 35.4 Å². The first-order valence-corrected chi connectivity index (χ1v) is 8.56. The molecule has 7 heteroatoms. The molecule has 0 aliphatic carbocycles. The lowest BCUT2D eigenvalue weighted by molar-refractivity contribution is -0.148. The number of carbonyl (C=O) groups is 2. The maximum Gasteiger partial charge on any atom is 0.329 e. The summed E-state index contributed by atoms with van der Waals surface area (Å²) >= 11 is 1.66. The van der Waals surface area contributed by atoms with Gasteiger partial charge >= 0.3 is 5.97 Å². The van der Waals surface area contributed by atoms with Crippen LogP contribution in [0.25, 0.3) is 0 Å². The lowest BCUT2D eigenvalue weighted by Crippen LogP contribution is -2.56. The van der Waals surface area contributed by atoms with Crippen molar-refractivity contribution >= 4 is 23.6 Å². The van der Waals surface area contributed by atoms with Crippen LogP contribution in [0.4, 0.5) is 8.78 Å². The third-order valence-electron chi connectivity index (χ3n) is 4.12. The molecule has 1 amide bonds. The molecule has 2 N–H and O–H groups in total. The highest BCUT2D eigenvalue weighted by Crippen LogP contribution is 2.29. The Morgan fingerprint density at radius 1 is 1.35 bits per heavy atom. The van der Waals surface area contributed by atoms with E-state index < -0.39 is 35.0 Å². The Balaban J connectivity index is 2.04. The molecule has 4 nitrogen and oxygen atoms in total. The van der Waals surface area contributed by atoms with E-state index in [9.17, 15) is 23.5 Å². The zero-order valence-corrected chi connectivity index (χ0v) is 13.6. The summed E-state index contributed by atoms with van der Waals surface area (Å²) < 4.78 is 26.7. The maximum absolute atomic E-state index is 13.7. The lowest BCUT2D eigenvalue weighted by atomic mass is 9.90. The number of hydrogen-bond donors (Lipinski definition) is 2. The second-order valence-corrected chi connectivity index (χ2v) is 7.04. The van der Waals surface area contributed by atoms with Gasteiger partial charge in [0, 0.05) is 12.5 Å². The van der Waals surface area contributed by atoms with Crippen LogP contribution in [0.2, 0.25) is 0 Å². The maximum atomic E-state index is 13.7. The Bertz CT molecular complexity index is 603. The van der Waals surface area contributed by atoms with Crippen molar-refractivity contribution in [1.82, 2.24) is 5.32 Å². The fraction of sp³-hybridized carbons (Fsp3) is 0.500. The predicted molar refractivity (Wildman–Crippen MR) is 84.5 cm³/mol. The molecule has 0 aromatic heterocycles. The molecule has 1 atom stereocenters. The van der Waals surface area contributed by atoms with Gasteiger partial charge in [-0.3, -0.25) is 4.79 Å². The molecule has 0 saturated carbocycles. The van der Waals surface area contributed by atoms with Crippen molar-refractivity contribution < 1.29 is 23.5 Å². The number of amides is 1. The van der Waals surface area contributed by atoms with E-state index in [1.165, 1.54) is 6.07 Å². The van der Waals surface area contributed by atoms with Gasteiger partial charge in [0.25, 0.3) is 0 Å². The summed E-state index contributed by atoms with van der Waals surface area (Å²) in [6.07, 6.45) is 0.695. The first-order chi connectivity index (χ1) is 10.8. The number of benzene rings is 1. The summed E-state index contributed by atoms with van der Waals surface area (Å²) in [7, 11) is 0. The topological polar surface area (TPSA) is 66.4 Å². The Hall–Kier alpha value is -1.63. The van der Waals surface area contributed by atoms with Crippen LogP contribution in [0.1, 0.15) is 37.7 Å². The first kappa shape index (κ1) is 17.7. The minimum Gasteiger partial charge on any atom is -0.480 e. The fourth-order valence-corrected chi connectivity index (χ4v) is 3.91. The van der Waals surface area contributed by atoms with E-state index in [1.807, 2.05) is 0 Å². The van der Waals surface area contributed by atoms with Gasteiger partial charge in [-0.15, -0.1) is 0 Å². The molecular formula is C16H19F2NO3S. The quantitative estimate of drug-likeness (QED) is 0.863. The number of carbonyl (C=O) groups excluding carboxylic acids is 1. The number of rotatable bonds is 5. The average molecular weight is 343 g/mol. The molecule has 1 saturated heterocycles. The van der Waals surface area contributed by atoms with E-state index in [0.717, 1.165) is 12.1 Å². The van der Waals surface area contributed by atoms with Gasteiger partial charge in [0.15, 0.2) is 0 Å². The SMILES string of the molecule is CC(CC(=O)NC1(C(=O)O)CCSCC1)c1ccc(F)cc1F. The fourth-order valence-electron chi connectivity index (χ4n) is 2.72. The van der Waals surface area contributed by atoms with Crippen molar-refractivity contribution in [3.8, 4) is 0 Å². The summed E-state index contributed by atoms with van der Waals surface area (Å²) in [4.78, 5) is 23.7. The molecule has 1 aromatic rings. The molecule has 1 aliphatic rings. The van der Waals surface area contributed by atoms with Crippen molar-refractivity contribution in [2.45, 2.75) is 37.6 Å². The molecule has 0 radical (unpaired) electrons. The van der Waals surface area contributed by atoms with Gasteiger partial charge in [0.1, 0.15) is 17.2 Å². The summed E-state index contributed by atoms with van der Waals surface area (Å²) in [6, 6.07) is 3.23. The Labute approximate surface area is 137 Å². The minimum absolute atomic E-state index is 0.0509. The third-order valence-corrected chi connectivity index (χ3v) is 5.11. The monoisotopic (exact) mass is 343 g/mol. The summed E-state index contributed by atoms with van der Waals surface area (Å²) in [6.45, 7) is 1.65. The lowest BCUT2D eigenvalue weighted by Gasteiger charge is -2.34. The zero-order valence-electron chi connectivity index (χ0n) is 12.8. The molecule has 1 fully saturated rings. The molecule has 1 aromatic carbocycles. The van der Waals surface area contributed by atoms with Gasteiger partial charge in [-0.25, -0.2) is 13.6 Å². The smallest absolute Gasteiger partial charge is 0.329 e. The van der Waals surface area contributed by atoms with Crippen molar-refractivity contribution in [2.24, 2.45) is 0 Å². The number of carboxylic acid groups (broad SMARTS) is 1. The van der Waals surface area contributed by atoms with Gasteiger partial charge < -0.3 is 10.4 Å². The zero-order chi connectivity index (χ0) is 17.0. The highest BCUT2D eigenvalue weighted by molar-refractivity contribution is 7.99. The molecule has 126 valence electrons. The molecule has 1 heterocycles. The number of thioether (sulfide) groups is 1. The van der Waals surface area contributed by atoms with Gasteiger partial charge in [0.05, 0.1) is 0 Å². The predicted octanol–water partition coefficient (Wildman–Crippen LogP) is 2.93. The van der Waals surface area contributed by atoms with Gasteiger partial charge in [-0.05, 0) is 41.9 Å². The van der Waals surface area contributed by atoms with E-state index in [2.05, 4.69) is 5.32 Å². The van der Waals surface area contributed by atoms with E-state index >= 15 is 0 Å². The Morgan fingerprint density at radius 2 is 2.00 bits per heavy atom. The summed E-state index contributed by atoms with van der Waals surface area (Å²) in [5, 5.41) is 12.1. The van der Waals surface area contributed by atoms with Crippen LogP contribution >= 0.6 is 11.8 Å². The van der Waals surface area contributed by atoms with Crippen LogP contribution < -0.4 is 5.32 Å². The summed E-state index contributed by atoms with van der Waals surface area (Å²) in [5.74, 6) is -1.97. The van der Waals surface area contributed by atoms with Crippen LogP contribution in [-0.2, 0) is 9.59 Å². The van der Waals surface area contributed by atoms with Crippen LogP contribution in [0, 0.1) is 11.6 Å². The Kier molecular flexibility index (Phi) is 5.62. The van der Waals surface area contributed by atoms with Crippen LogP contribution in [0.15, 0.2) is 18.2 Å². The number of hydrogen-bond acceptors (Lipinski definition) is 3. The standard InChI is InChI=1S/C16H19F2NO3S/c1-10(12-3-2-11(17)9-13(12)18)8-14(20)19-16(15(21)22)4-6-23-7-5-16/h2-3,9-10H,4-8H2,1H3,(H,19,20)(H,21,22). The molecule has 23 heavy (non-hydrogen) atoms. The number of aliphatic carboxylic acids is 1. The molecule has 1 aliphatic heterocycles. The van der Waals surface area contributed by atoms with Crippen LogP contribution in [0.5, 0.6) is 0 Å². The van der Waals surface area contributed by atoms with Gasteiger partial charge in [-0.2, -0.15) is 11.8 Å². The molecule has 0 bridgehead atoms. The van der Waals surface area contributed by atoms with Crippen molar-refractivity contribution in [2.75, 3.05) is 11.5 Å². The van der Waals surface area contributed by atoms with E-state index in [4.69, 9.17) is 0 Å². The largest absolute Gasteiger partial charge is 0.480 e. The molecule has 0 spiro atoms. The second kappa shape index (κ2) is 7.29. The minimum atomic E-state index is -1.23. The average Bonchev–Trinajstić information content (AvgIpc) is 2.47. The summed E-state index contributed by atoms with van der Waals surface area (Å²) in [5.41, 5.74) is -0.992. The van der Waals surface area contributed by atoms with Gasteiger partial charge in [0.2, 0.25) is 5.91 Å². The molecular weight excluding hydrogens is 324 g/mol. The normalized spacial score (nSPS) is 18.2. The van der Waals surface area contributed by atoms with Crippen LogP contribution in [-0.4, -0.2) is 34.0 Å². The molecule has 1 unspecified atom stereocenters. The van der Waals surface area contributed by atoms with E-state index in [0.29, 0.717) is 24.3 Å². The highest BCUT2D eigenvalue weighted by Gasteiger charge is 2.41. The van der Waals surface area contributed by atoms with Gasteiger partial charge in [-0.1, -0.05) is 13.0 Å². The number of carboxylic acids is 1. The third kappa shape index (κ3) is 4.22.